The summed E-state index contributed by atoms with van der Waals surface area (Å²) < 4.78 is 0. The van der Waals surface area contributed by atoms with E-state index in [2.05, 4.69) is 40.1 Å². The van der Waals surface area contributed by atoms with E-state index in [1.165, 1.54) is 10.5 Å². The van der Waals surface area contributed by atoms with Crippen LogP contribution in [0.4, 0.5) is 0 Å². The van der Waals surface area contributed by atoms with Gasteiger partial charge in [-0.2, -0.15) is 0 Å². The molecule has 0 radical (unpaired) electrons. The van der Waals surface area contributed by atoms with Gasteiger partial charge in [-0.25, -0.2) is 0 Å². The molecule has 0 saturated carbocycles. The summed E-state index contributed by atoms with van der Waals surface area (Å²) in [5.74, 6) is 0.131. The first-order valence-corrected chi connectivity index (χ1v) is 11.1. The Hall–Kier alpha value is -2.50. The van der Waals surface area contributed by atoms with Gasteiger partial charge in [-0.05, 0) is 42.9 Å². The second-order valence-corrected chi connectivity index (χ2v) is 8.89. The number of amides is 2. The quantitative estimate of drug-likeness (QED) is 0.720. The monoisotopic (exact) mass is 403 g/mol. The van der Waals surface area contributed by atoms with E-state index in [0.29, 0.717) is 29.6 Å². The van der Waals surface area contributed by atoms with Crippen LogP contribution in [-0.2, 0) is 6.42 Å². The highest BCUT2D eigenvalue weighted by Gasteiger charge is 2.39. The third-order valence-corrected chi connectivity index (χ3v) is 6.97. The molecule has 5 nitrogen and oxygen atoms in total. The molecule has 5 rings (SSSR count). The zero-order valence-corrected chi connectivity index (χ0v) is 17.4. The van der Waals surface area contributed by atoms with Gasteiger partial charge < -0.3 is 4.90 Å². The van der Waals surface area contributed by atoms with Crippen LogP contribution in [0.15, 0.2) is 54.6 Å². The Labute approximate surface area is 178 Å². The van der Waals surface area contributed by atoms with Crippen molar-refractivity contribution in [2.24, 2.45) is 5.92 Å². The largest absolute Gasteiger partial charge is 0.300 e. The van der Waals surface area contributed by atoms with Crippen molar-refractivity contribution in [1.29, 1.82) is 0 Å². The molecular weight excluding hydrogens is 374 g/mol. The number of fused-ring (bicyclic) bond motifs is 2. The molecule has 3 aliphatic rings. The fraction of sp³-hybridized carbons (Fsp3) is 0.440. The molecule has 0 aliphatic carbocycles. The van der Waals surface area contributed by atoms with Gasteiger partial charge in [-0.3, -0.25) is 19.4 Å². The molecule has 2 aromatic rings. The molecule has 0 bridgehead atoms. The Morgan fingerprint density at radius 3 is 2.23 bits per heavy atom. The van der Waals surface area contributed by atoms with Crippen LogP contribution >= 0.6 is 0 Å². The molecule has 2 saturated heterocycles. The number of hydrogen-bond donors (Lipinski definition) is 0. The number of piperidine rings is 1. The summed E-state index contributed by atoms with van der Waals surface area (Å²) in [6.07, 6.45) is 3.34. The van der Waals surface area contributed by atoms with Crippen molar-refractivity contribution >= 4 is 11.8 Å². The van der Waals surface area contributed by atoms with Crippen LogP contribution in [0.3, 0.4) is 0 Å². The van der Waals surface area contributed by atoms with E-state index in [1.54, 1.807) is 12.1 Å². The molecule has 2 aromatic carbocycles. The third kappa shape index (κ3) is 3.80. The Bertz CT molecular complexity index is 894. The highest BCUT2D eigenvalue weighted by molar-refractivity contribution is 6.21. The van der Waals surface area contributed by atoms with Crippen molar-refractivity contribution in [3.8, 4) is 0 Å². The van der Waals surface area contributed by atoms with Gasteiger partial charge in [0.15, 0.2) is 0 Å². The minimum absolute atomic E-state index is 0.122. The van der Waals surface area contributed by atoms with Gasteiger partial charge in [0.1, 0.15) is 0 Å². The molecule has 30 heavy (non-hydrogen) atoms. The molecule has 5 heteroatoms. The number of carbonyl (C=O) groups excluding carboxylic acids is 2. The van der Waals surface area contributed by atoms with E-state index in [0.717, 1.165) is 52.0 Å². The number of nitrogens with zero attached hydrogens (tertiary/aromatic N) is 3. The summed E-state index contributed by atoms with van der Waals surface area (Å²) in [6.45, 7) is 5.97. The normalized spacial score (nSPS) is 24.7. The summed E-state index contributed by atoms with van der Waals surface area (Å²) in [5, 5.41) is 0. The van der Waals surface area contributed by atoms with Crippen molar-refractivity contribution < 1.29 is 9.59 Å². The molecule has 2 atom stereocenters. The molecule has 2 fully saturated rings. The van der Waals surface area contributed by atoms with Crippen LogP contribution < -0.4 is 0 Å². The zero-order valence-electron chi connectivity index (χ0n) is 17.4. The standard InChI is InChI=1S/C25H29N3O2/c29-24-22-8-4-5-9-23(22)25(30)28(24)17-20-10-11-21-18-26(14-15-27(21)16-20)13-12-19-6-2-1-3-7-19/h1-9,20-21H,10-18H2/t20-,21-/m1/s1. The first kappa shape index (κ1) is 19.5. The lowest BCUT2D eigenvalue weighted by Crippen LogP contribution is -2.57. The van der Waals surface area contributed by atoms with Gasteiger partial charge in [-0.1, -0.05) is 42.5 Å². The van der Waals surface area contributed by atoms with E-state index in [-0.39, 0.29) is 11.8 Å². The number of rotatable bonds is 5. The van der Waals surface area contributed by atoms with E-state index in [9.17, 15) is 9.59 Å². The smallest absolute Gasteiger partial charge is 0.261 e. The molecule has 0 unspecified atom stereocenters. The van der Waals surface area contributed by atoms with E-state index in [1.807, 2.05) is 12.1 Å². The third-order valence-electron chi connectivity index (χ3n) is 6.97. The van der Waals surface area contributed by atoms with Crippen LogP contribution in [0.25, 0.3) is 0 Å². The average molecular weight is 404 g/mol. The van der Waals surface area contributed by atoms with Crippen LogP contribution in [0.5, 0.6) is 0 Å². The van der Waals surface area contributed by atoms with Gasteiger partial charge in [0.2, 0.25) is 0 Å². The Morgan fingerprint density at radius 2 is 1.50 bits per heavy atom. The molecule has 0 aromatic heterocycles. The fourth-order valence-corrected chi connectivity index (χ4v) is 5.27. The highest BCUT2D eigenvalue weighted by atomic mass is 16.2. The molecule has 3 heterocycles. The number of carbonyl (C=O) groups is 2. The topological polar surface area (TPSA) is 43.9 Å². The second-order valence-electron chi connectivity index (χ2n) is 8.89. The molecule has 156 valence electrons. The maximum atomic E-state index is 12.7. The lowest BCUT2D eigenvalue weighted by atomic mass is 9.90. The summed E-state index contributed by atoms with van der Waals surface area (Å²) in [4.78, 5) is 32.0. The first-order chi connectivity index (χ1) is 14.7. The van der Waals surface area contributed by atoms with Gasteiger partial charge in [0.05, 0.1) is 11.1 Å². The van der Waals surface area contributed by atoms with Crippen LogP contribution in [-0.4, -0.2) is 71.8 Å². The summed E-state index contributed by atoms with van der Waals surface area (Å²) in [7, 11) is 0. The maximum absolute atomic E-state index is 12.7. The molecule has 0 N–H and O–H groups in total. The van der Waals surface area contributed by atoms with Crippen molar-refractivity contribution in [1.82, 2.24) is 14.7 Å². The minimum atomic E-state index is -0.122. The van der Waals surface area contributed by atoms with Gasteiger partial charge in [0, 0.05) is 45.3 Å². The van der Waals surface area contributed by atoms with Crippen molar-refractivity contribution in [2.75, 3.05) is 39.3 Å². The summed E-state index contributed by atoms with van der Waals surface area (Å²) in [6, 6.07) is 18.5. The number of piperazine rings is 1. The maximum Gasteiger partial charge on any atom is 0.261 e. The van der Waals surface area contributed by atoms with Crippen molar-refractivity contribution in [3.05, 3.63) is 71.3 Å². The van der Waals surface area contributed by atoms with E-state index < -0.39 is 0 Å². The number of hydrogen-bond acceptors (Lipinski definition) is 4. The van der Waals surface area contributed by atoms with E-state index in [4.69, 9.17) is 0 Å². The molecule has 3 aliphatic heterocycles. The van der Waals surface area contributed by atoms with Crippen molar-refractivity contribution in [2.45, 2.75) is 25.3 Å². The van der Waals surface area contributed by atoms with E-state index >= 15 is 0 Å². The Morgan fingerprint density at radius 1 is 0.800 bits per heavy atom. The van der Waals surface area contributed by atoms with Crippen LogP contribution in [0, 0.1) is 5.92 Å². The predicted molar refractivity (Wildman–Crippen MR) is 116 cm³/mol. The SMILES string of the molecule is O=C1c2ccccc2C(=O)N1C[C@@H]1CC[C@@H]2CN(CCc3ccccc3)CCN2C1. The minimum Gasteiger partial charge on any atom is -0.300 e. The number of benzene rings is 2. The average Bonchev–Trinajstić information content (AvgIpc) is 3.03. The molecule has 0 spiro atoms. The number of imide groups is 1. The summed E-state index contributed by atoms with van der Waals surface area (Å²) in [5.41, 5.74) is 2.52. The van der Waals surface area contributed by atoms with Crippen molar-refractivity contribution in [3.63, 3.8) is 0 Å². The van der Waals surface area contributed by atoms with Gasteiger partial charge >= 0.3 is 0 Å². The highest BCUT2D eigenvalue weighted by Crippen LogP contribution is 2.29. The molecule has 2 amide bonds. The summed E-state index contributed by atoms with van der Waals surface area (Å²) >= 11 is 0. The molecular formula is C25H29N3O2. The first-order valence-electron chi connectivity index (χ1n) is 11.1. The van der Waals surface area contributed by atoms with Gasteiger partial charge in [-0.15, -0.1) is 0 Å². The second kappa shape index (κ2) is 8.32. The van der Waals surface area contributed by atoms with Gasteiger partial charge in [0.25, 0.3) is 11.8 Å². The Kier molecular flexibility index (Phi) is 5.40. The zero-order chi connectivity index (χ0) is 20.5. The Balaban J connectivity index is 1.14. The van der Waals surface area contributed by atoms with Crippen LogP contribution in [0.1, 0.15) is 39.1 Å². The lowest BCUT2D eigenvalue weighted by Gasteiger charge is -2.46. The predicted octanol–water partition coefficient (Wildman–Crippen LogP) is 2.92. The fourth-order valence-electron chi connectivity index (χ4n) is 5.27. The lowest BCUT2D eigenvalue weighted by molar-refractivity contribution is 0.0205. The van der Waals surface area contributed by atoms with Crippen LogP contribution in [0.2, 0.25) is 0 Å².